The molecule has 38 heavy (non-hydrogen) atoms. The standard InChI is InChI=1S/C28H27ClFN5O3/c1-3-23(37)34-8-10-35(11-9-34)27-21-14-22(29)24(20-13-18(36)12-17-6-4-5-7-19(17)20)25(30)26(21)32-28(33-27)38-16(2)15-31/h3-7,12-14,16,36H,1,8-11,15,31H2,2H3/t16-/m1/s1. The van der Waals surface area contributed by atoms with E-state index in [1.54, 1.807) is 24.0 Å². The van der Waals surface area contributed by atoms with Crippen LogP contribution in [0.4, 0.5) is 10.2 Å². The molecule has 0 unspecified atom stereocenters. The van der Waals surface area contributed by atoms with Crippen molar-refractivity contribution in [3.8, 4) is 22.9 Å². The molecule has 1 aromatic heterocycles. The number of aromatic nitrogens is 2. The van der Waals surface area contributed by atoms with Gasteiger partial charge in [-0.1, -0.05) is 42.4 Å². The summed E-state index contributed by atoms with van der Waals surface area (Å²) in [6.07, 6.45) is 0.893. The Hall–Kier alpha value is -3.95. The Labute approximate surface area is 224 Å². The van der Waals surface area contributed by atoms with Crippen molar-refractivity contribution < 1.29 is 19.0 Å². The summed E-state index contributed by atoms with van der Waals surface area (Å²) in [4.78, 5) is 24.7. The van der Waals surface area contributed by atoms with Crippen molar-refractivity contribution in [1.82, 2.24) is 14.9 Å². The molecule has 196 valence electrons. The van der Waals surface area contributed by atoms with Crippen molar-refractivity contribution in [2.45, 2.75) is 13.0 Å². The highest BCUT2D eigenvalue weighted by Crippen LogP contribution is 2.42. The summed E-state index contributed by atoms with van der Waals surface area (Å²) in [5.74, 6) is -0.355. The molecule has 3 aromatic carbocycles. The van der Waals surface area contributed by atoms with E-state index in [2.05, 4.69) is 16.5 Å². The Morgan fingerprint density at radius 1 is 1.21 bits per heavy atom. The second kappa shape index (κ2) is 10.4. The number of phenols is 1. The number of carbonyl (C=O) groups excluding carboxylic acids is 1. The summed E-state index contributed by atoms with van der Waals surface area (Å²) < 4.78 is 22.2. The number of piperazine rings is 1. The molecule has 1 amide bonds. The molecule has 1 aliphatic heterocycles. The van der Waals surface area contributed by atoms with E-state index in [1.165, 1.54) is 12.1 Å². The minimum atomic E-state index is -0.655. The topological polar surface area (TPSA) is 105 Å². The minimum Gasteiger partial charge on any atom is -0.508 e. The number of phenolic OH excluding ortho intramolecular Hbond substituents is 1. The van der Waals surface area contributed by atoms with Crippen LogP contribution in [0.25, 0.3) is 32.8 Å². The molecule has 10 heteroatoms. The number of benzene rings is 3. The summed E-state index contributed by atoms with van der Waals surface area (Å²) >= 11 is 6.73. The number of carbonyl (C=O) groups is 1. The first kappa shape index (κ1) is 25.7. The number of rotatable bonds is 6. The number of hydrogen-bond donors (Lipinski definition) is 2. The molecule has 1 saturated heterocycles. The van der Waals surface area contributed by atoms with Crippen LogP contribution in [0.1, 0.15) is 6.92 Å². The number of nitrogens with two attached hydrogens (primary N) is 1. The SMILES string of the molecule is C=CC(=O)N1CCN(c2nc(O[C@H](C)CN)nc3c(F)c(-c4cc(O)cc5ccccc45)c(Cl)cc23)CC1. The van der Waals surface area contributed by atoms with Gasteiger partial charge in [-0.05, 0) is 47.5 Å². The lowest BCUT2D eigenvalue weighted by Gasteiger charge is -2.35. The molecule has 5 rings (SSSR count). The van der Waals surface area contributed by atoms with Crippen LogP contribution in [0.3, 0.4) is 0 Å². The number of ether oxygens (including phenoxy) is 1. The number of amides is 1. The van der Waals surface area contributed by atoms with E-state index in [9.17, 15) is 9.90 Å². The molecular weight excluding hydrogens is 509 g/mol. The van der Waals surface area contributed by atoms with Gasteiger partial charge in [-0.2, -0.15) is 9.97 Å². The Morgan fingerprint density at radius 3 is 2.66 bits per heavy atom. The average molecular weight is 536 g/mol. The number of hydrogen-bond acceptors (Lipinski definition) is 7. The van der Waals surface area contributed by atoms with Gasteiger partial charge >= 0.3 is 6.01 Å². The number of fused-ring (bicyclic) bond motifs is 2. The van der Waals surface area contributed by atoms with Crippen molar-refractivity contribution >= 4 is 45.0 Å². The maximum Gasteiger partial charge on any atom is 0.319 e. The zero-order chi connectivity index (χ0) is 27.0. The average Bonchev–Trinajstić information content (AvgIpc) is 2.92. The summed E-state index contributed by atoms with van der Waals surface area (Å²) in [5.41, 5.74) is 6.33. The number of nitrogens with zero attached hydrogens (tertiary/aromatic N) is 4. The van der Waals surface area contributed by atoms with Gasteiger partial charge in [0, 0.05) is 43.7 Å². The lowest BCUT2D eigenvalue weighted by molar-refractivity contribution is -0.126. The third-order valence-corrected chi connectivity index (χ3v) is 6.96. The molecule has 8 nitrogen and oxygen atoms in total. The van der Waals surface area contributed by atoms with E-state index in [4.69, 9.17) is 22.1 Å². The van der Waals surface area contributed by atoms with Crippen LogP contribution in [0.2, 0.25) is 5.02 Å². The van der Waals surface area contributed by atoms with E-state index < -0.39 is 11.9 Å². The van der Waals surface area contributed by atoms with E-state index in [-0.39, 0.29) is 40.3 Å². The normalized spacial score (nSPS) is 14.6. The van der Waals surface area contributed by atoms with E-state index >= 15 is 4.39 Å². The molecule has 0 spiro atoms. The molecular formula is C28H27ClFN5O3. The van der Waals surface area contributed by atoms with Gasteiger partial charge in [0.15, 0.2) is 5.82 Å². The van der Waals surface area contributed by atoms with Crippen LogP contribution < -0.4 is 15.4 Å². The van der Waals surface area contributed by atoms with Gasteiger partial charge in [0.2, 0.25) is 5.91 Å². The fourth-order valence-corrected chi connectivity index (χ4v) is 4.99. The Morgan fingerprint density at radius 2 is 1.95 bits per heavy atom. The molecule has 2 heterocycles. The van der Waals surface area contributed by atoms with E-state index in [0.717, 1.165) is 10.8 Å². The first-order valence-electron chi connectivity index (χ1n) is 12.3. The molecule has 0 radical (unpaired) electrons. The maximum absolute atomic E-state index is 16.4. The highest BCUT2D eigenvalue weighted by molar-refractivity contribution is 6.35. The van der Waals surface area contributed by atoms with Gasteiger partial charge in [0.1, 0.15) is 23.2 Å². The quantitative estimate of drug-likeness (QED) is 0.350. The molecule has 1 aliphatic rings. The van der Waals surface area contributed by atoms with Gasteiger partial charge in [-0.15, -0.1) is 0 Å². The molecule has 0 aliphatic carbocycles. The van der Waals surface area contributed by atoms with Gasteiger partial charge in [0.25, 0.3) is 0 Å². The Bertz CT molecular complexity index is 1560. The summed E-state index contributed by atoms with van der Waals surface area (Å²) in [7, 11) is 0. The molecule has 0 saturated carbocycles. The lowest BCUT2D eigenvalue weighted by Crippen LogP contribution is -2.48. The smallest absolute Gasteiger partial charge is 0.319 e. The second-order valence-corrected chi connectivity index (χ2v) is 9.58. The van der Waals surface area contributed by atoms with Crippen LogP contribution in [0.5, 0.6) is 11.8 Å². The van der Waals surface area contributed by atoms with Gasteiger partial charge in [-0.25, -0.2) is 4.39 Å². The Balaban J connectivity index is 1.69. The molecule has 0 bridgehead atoms. The fourth-order valence-electron chi connectivity index (χ4n) is 4.70. The van der Waals surface area contributed by atoms with Crippen LogP contribution in [0, 0.1) is 5.82 Å². The van der Waals surface area contributed by atoms with Crippen molar-refractivity contribution in [2.24, 2.45) is 5.73 Å². The predicted molar refractivity (Wildman–Crippen MR) is 147 cm³/mol. The van der Waals surface area contributed by atoms with Gasteiger partial charge in [-0.3, -0.25) is 4.79 Å². The largest absolute Gasteiger partial charge is 0.508 e. The van der Waals surface area contributed by atoms with Crippen LogP contribution >= 0.6 is 11.6 Å². The molecule has 1 fully saturated rings. The second-order valence-electron chi connectivity index (χ2n) is 9.17. The summed E-state index contributed by atoms with van der Waals surface area (Å²) in [6.45, 7) is 7.40. The van der Waals surface area contributed by atoms with Gasteiger partial charge in [0.05, 0.1) is 5.02 Å². The first-order chi connectivity index (χ1) is 18.3. The number of aromatic hydroxyl groups is 1. The number of anilines is 1. The lowest BCUT2D eigenvalue weighted by atomic mass is 9.96. The zero-order valence-electron chi connectivity index (χ0n) is 20.8. The predicted octanol–water partition coefficient (Wildman–Crippen LogP) is 4.51. The zero-order valence-corrected chi connectivity index (χ0v) is 21.6. The molecule has 4 aromatic rings. The Kier molecular flexibility index (Phi) is 7.05. The van der Waals surface area contributed by atoms with E-state index in [0.29, 0.717) is 42.9 Å². The van der Waals surface area contributed by atoms with Crippen LogP contribution in [-0.2, 0) is 4.79 Å². The van der Waals surface area contributed by atoms with Crippen LogP contribution in [0.15, 0.2) is 55.1 Å². The third-order valence-electron chi connectivity index (χ3n) is 6.66. The van der Waals surface area contributed by atoms with E-state index in [1.807, 2.05) is 29.2 Å². The third kappa shape index (κ3) is 4.70. The fraction of sp³-hybridized carbons (Fsp3) is 0.250. The highest BCUT2D eigenvalue weighted by Gasteiger charge is 2.27. The monoisotopic (exact) mass is 535 g/mol. The molecule has 1 atom stereocenters. The summed E-state index contributed by atoms with van der Waals surface area (Å²) in [5, 5.41) is 12.4. The van der Waals surface area contributed by atoms with Crippen molar-refractivity contribution in [3.63, 3.8) is 0 Å². The number of halogens is 2. The minimum absolute atomic E-state index is 0.00891. The van der Waals surface area contributed by atoms with Crippen molar-refractivity contribution in [2.75, 3.05) is 37.6 Å². The molecule has 3 N–H and O–H groups in total. The maximum atomic E-state index is 16.4. The first-order valence-corrected chi connectivity index (χ1v) is 12.6. The van der Waals surface area contributed by atoms with Crippen molar-refractivity contribution in [3.05, 3.63) is 66.0 Å². The van der Waals surface area contributed by atoms with Crippen LogP contribution in [-0.4, -0.2) is 64.7 Å². The summed E-state index contributed by atoms with van der Waals surface area (Å²) in [6, 6.07) is 12.1. The van der Waals surface area contributed by atoms with Crippen molar-refractivity contribution in [1.29, 1.82) is 0 Å². The van der Waals surface area contributed by atoms with Gasteiger partial charge < -0.3 is 25.4 Å². The highest BCUT2D eigenvalue weighted by atomic mass is 35.5.